The second-order valence-corrected chi connectivity index (χ2v) is 1.19. The summed E-state index contributed by atoms with van der Waals surface area (Å²) in [5, 5.41) is 8.32. The first kappa shape index (κ1) is 6.21. The standard InChI is InChI=1S/C3H6O2.ClH/c4-3-1-5-2-3;/h3-4H,1-2H2;1H. The van der Waals surface area contributed by atoms with Crippen LogP contribution in [0.25, 0.3) is 0 Å². The van der Waals surface area contributed by atoms with Gasteiger partial charge in [0.25, 0.3) is 0 Å². The largest absolute Gasteiger partial charge is 0.388 e. The number of halogens is 1. The first-order valence-electron chi connectivity index (χ1n) is 1.65. The fourth-order valence-electron chi connectivity index (χ4n) is 0.223. The highest BCUT2D eigenvalue weighted by molar-refractivity contribution is 5.85. The molecule has 38 valence electrons. The number of hydrogen-bond donors (Lipinski definition) is 1. The van der Waals surface area contributed by atoms with E-state index in [1.54, 1.807) is 0 Å². The molecule has 0 unspecified atom stereocenters. The van der Waals surface area contributed by atoms with Crippen LogP contribution in [0.4, 0.5) is 0 Å². The lowest BCUT2D eigenvalue weighted by atomic mass is 10.3. The molecular formula is C3H7ClO2. The molecule has 0 aliphatic carbocycles. The van der Waals surface area contributed by atoms with Crippen LogP contribution in [0.2, 0.25) is 0 Å². The van der Waals surface area contributed by atoms with E-state index in [0.717, 1.165) is 0 Å². The second kappa shape index (κ2) is 2.39. The molecule has 1 heterocycles. The molecule has 0 aromatic heterocycles. The van der Waals surface area contributed by atoms with Crippen LogP contribution in [0.15, 0.2) is 0 Å². The highest BCUT2D eigenvalue weighted by Crippen LogP contribution is 1.96. The molecule has 0 aromatic carbocycles. The highest BCUT2D eigenvalue weighted by Gasteiger charge is 2.12. The predicted octanol–water partition coefficient (Wildman–Crippen LogP) is -0.201. The topological polar surface area (TPSA) is 29.5 Å². The minimum Gasteiger partial charge on any atom is -0.388 e. The molecule has 0 spiro atoms. The lowest BCUT2D eigenvalue weighted by molar-refractivity contribution is -0.0936. The molecule has 0 aromatic rings. The number of rotatable bonds is 0. The smallest absolute Gasteiger partial charge is 0.101 e. The first-order chi connectivity index (χ1) is 2.39. The summed E-state index contributed by atoms with van der Waals surface area (Å²) in [5.41, 5.74) is 0. The molecule has 1 fully saturated rings. The highest BCUT2D eigenvalue weighted by atomic mass is 35.5. The molecule has 1 aliphatic rings. The lowest BCUT2D eigenvalue weighted by Gasteiger charge is -2.18. The van der Waals surface area contributed by atoms with Crippen molar-refractivity contribution in [2.24, 2.45) is 0 Å². The molecule has 0 saturated carbocycles. The van der Waals surface area contributed by atoms with E-state index in [0.29, 0.717) is 13.2 Å². The monoisotopic (exact) mass is 110 g/mol. The zero-order valence-corrected chi connectivity index (χ0v) is 4.07. The Morgan fingerprint density at radius 2 is 1.83 bits per heavy atom. The van der Waals surface area contributed by atoms with E-state index < -0.39 is 0 Å². The van der Waals surface area contributed by atoms with Crippen LogP contribution >= 0.6 is 12.4 Å². The van der Waals surface area contributed by atoms with E-state index in [9.17, 15) is 0 Å². The minimum absolute atomic E-state index is 0. The molecule has 2 nitrogen and oxygen atoms in total. The van der Waals surface area contributed by atoms with Gasteiger partial charge in [0.05, 0.1) is 13.2 Å². The van der Waals surface area contributed by atoms with E-state index in [4.69, 9.17) is 5.11 Å². The maximum atomic E-state index is 8.32. The van der Waals surface area contributed by atoms with Gasteiger partial charge >= 0.3 is 0 Å². The summed E-state index contributed by atoms with van der Waals surface area (Å²) >= 11 is 0. The van der Waals surface area contributed by atoms with Crippen molar-refractivity contribution in [2.75, 3.05) is 13.2 Å². The Hall–Kier alpha value is 0.210. The van der Waals surface area contributed by atoms with E-state index in [2.05, 4.69) is 4.74 Å². The summed E-state index contributed by atoms with van der Waals surface area (Å²) < 4.78 is 4.58. The van der Waals surface area contributed by atoms with Crippen LogP contribution < -0.4 is 0 Å². The minimum atomic E-state index is -0.157. The number of hydrogen-bond acceptors (Lipinski definition) is 2. The molecule has 3 heteroatoms. The van der Waals surface area contributed by atoms with Crippen LogP contribution in [0.5, 0.6) is 0 Å². The van der Waals surface area contributed by atoms with Crippen molar-refractivity contribution in [3.8, 4) is 0 Å². The van der Waals surface area contributed by atoms with Crippen LogP contribution in [-0.4, -0.2) is 24.4 Å². The van der Waals surface area contributed by atoms with E-state index >= 15 is 0 Å². The van der Waals surface area contributed by atoms with Crippen molar-refractivity contribution in [2.45, 2.75) is 6.10 Å². The lowest BCUT2D eigenvalue weighted by Crippen LogP contribution is -2.32. The third-order valence-corrected chi connectivity index (χ3v) is 0.620. The van der Waals surface area contributed by atoms with Crippen LogP contribution in [0.1, 0.15) is 0 Å². The molecule has 0 amide bonds. The van der Waals surface area contributed by atoms with Crippen LogP contribution in [0.3, 0.4) is 0 Å². The summed E-state index contributed by atoms with van der Waals surface area (Å²) in [6.45, 7) is 1.08. The third kappa shape index (κ3) is 1.12. The predicted molar refractivity (Wildman–Crippen MR) is 24.1 cm³/mol. The first-order valence-corrected chi connectivity index (χ1v) is 1.65. The Bertz CT molecular complexity index is 35.8. The summed E-state index contributed by atoms with van der Waals surface area (Å²) in [6.07, 6.45) is -0.157. The van der Waals surface area contributed by atoms with Crippen molar-refractivity contribution in [3.05, 3.63) is 0 Å². The molecule has 1 aliphatic heterocycles. The zero-order valence-electron chi connectivity index (χ0n) is 3.26. The Morgan fingerprint density at radius 3 is 1.83 bits per heavy atom. The van der Waals surface area contributed by atoms with Gasteiger partial charge in [0.1, 0.15) is 6.10 Å². The van der Waals surface area contributed by atoms with Gasteiger partial charge in [0.15, 0.2) is 0 Å². The van der Waals surface area contributed by atoms with Crippen molar-refractivity contribution < 1.29 is 9.84 Å². The summed E-state index contributed by atoms with van der Waals surface area (Å²) in [7, 11) is 0. The van der Waals surface area contributed by atoms with Gasteiger partial charge in [-0.1, -0.05) is 0 Å². The summed E-state index contributed by atoms with van der Waals surface area (Å²) in [6, 6.07) is 0. The molecule has 0 atom stereocenters. The Morgan fingerprint density at radius 1 is 1.50 bits per heavy atom. The Balaban J connectivity index is 0.000000250. The van der Waals surface area contributed by atoms with Gasteiger partial charge in [0.2, 0.25) is 0 Å². The molecule has 6 heavy (non-hydrogen) atoms. The normalized spacial score (nSPS) is 21.5. The fourth-order valence-corrected chi connectivity index (χ4v) is 0.223. The molecule has 0 radical (unpaired) electrons. The van der Waals surface area contributed by atoms with Crippen LogP contribution in [-0.2, 0) is 4.74 Å². The van der Waals surface area contributed by atoms with E-state index in [1.165, 1.54) is 0 Å². The van der Waals surface area contributed by atoms with Gasteiger partial charge < -0.3 is 9.84 Å². The molecule has 0 bridgehead atoms. The zero-order chi connectivity index (χ0) is 3.70. The maximum Gasteiger partial charge on any atom is 0.101 e. The van der Waals surface area contributed by atoms with Crippen molar-refractivity contribution in [1.82, 2.24) is 0 Å². The molecule has 1 rings (SSSR count). The van der Waals surface area contributed by atoms with Gasteiger partial charge in [-0.15, -0.1) is 12.4 Å². The van der Waals surface area contributed by atoms with E-state index in [1.807, 2.05) is 0 Å². The van der Waals surface area contributed by atoms with Crippen LogP contribution in [0, 0.1) is 0 Å². The number of aliphatic hydroxyl groups is 1. The van der Waals surface area contributed by atoms with Crippen molar-refractivity contribution >= 4 is 12.4 Å². The molecule has 1 N–H and O–H groups in total. The SMILES string of the molecule is Cl.OC1COC1. The number of ether oxygens (including phenoxy) is 1. The quantitative estimate of drug-likeness (QED) is 0.468. The van der Waals surface area contributed by atoms with Gasteiger partial charge in [-0.05, 0) is 0 Å². The summed E-state index contributed by atoms with van der Waals surface area (Å²) in [4.78, 5) is 0. The average Bonchev–Trinajstić information content (AvgIpc) is 1.30. The van der Waals surface area contributed by atoms with Crippen molar-refractivity contribution in [1.29, 1.82) is 0 Å². The van der Waals surface area contributed by atoms with Crippen molar-refractivity contribution in [3.63, 3.8) is 0 Å². The van der Waals surface area contributed by atoms with E-state index in [-0.39, 0.29) is 18.5 Å². The second-order valence-electron chi connectivity index (χ2n) is 1.19. The fraction of sp³-hybridized carbons (Fsp3) is 1.00. The Kier molecular flexibility index (Phi) is 2.48. The number of aliphatic hydroxyl groups excluding tert-OH is 1. The third-order valence-electron chi connectivity index (χ3n) is 0.620. The molecule has 1 saturated heterocycles. The van der Waals surface area contributed by atoms with Gasteiger partial charge in [-0.3, -0.25) is 0 Å². The average molecular weight is 111 g/mol. The van der Waals surface area contributed by atoms with Gasteiger partial charge in [-0.2, -0.15) is 0 Å². The Labute approximate surface area is 42.5 Å². The van der Waals surface area contributed by atoms with Gasteiger partial charge in [0, 0.05) is 0 Å². The maximum absolute atomic E-state index is 8.32. The van der Waals surface area contributed by atoms with Gasteiger partial charge in [-0.25, -0.2) is 0 Å². The summed E-state index contributed by atoms with van der Waals surface area (Å²) in [5.74, 6) is 0. The molecular weight excluding hydrogens is 103 g/mol.